The van der Waals surface area contributed by atoms with E-state index in [1.54, 1.807) is 12.1 Å². The monoisotopic (exact) mass is 377 g/mol. The first-order valence-electron chi connectivity index (χ1n) is 7.04. The highest BCUT2D eigenvalue weighted by Gasteiger charge is 2.15. The number of rotatable bonds is 5. The number of benzene rings is 2. The van der Waals surface area contributed by atoms with Crippen LogP contribution in [-0.4, -0.2) is 23.6 Å². The summed E-state index contributed by atoms with van der Waals surface area (Å²) in [5, 5.41) is 12.4. The molecule has 0 fully saturated rings. The molecule has 2 rings (SSSR count). The number of carbonyl (C=O) groups excluding carboxylic acids is 2. The van der Waals surface area contributed by atoms with Crippen molar-refractivity contribution in [1.29, 1.82) is 0 Å². The number of aryl methyl sites for hydroxylation is 1. The summed E-state index contributed by atoms with van der Waals surface area (Å²) < 4.78 is 5.57. The van der Waals surface area contributed by atoms with Gasteiger partial charge in [-0.1, -0.05) is 41.1 Å². The molecule has 1 amide bonds. The van der Waals surface area contributed by atoms with Crippen LogP contribution in [0.4, 0.5) is 5.69 Å². The molecule has 23 heavy (non-hydrogen) atoms. The van der Waals surface area contributed by atoms with Crippen molar-refractivity contribution in [2.75, 3.05) is 11.9 Å². The van der Waals surface area contributed by atoms with Crippen LogP contribution >= 0.6 is 15.9 Å². The Hall–Kier alpha value is -2.34. The summed E-state index contributed by atoms with van der Waals surface area (Å²) in [5.41, 5.74) is 1.69. The Kier molecular flexibility index (Phi) is 5.76. The summed E-state index contributed by atoms with van der Waals surface area (Å²) in [7, 11) is 0. The largest absolute Gasteiger partial charge is 0.507 e. The summed E-state index contributed by atoms with van der Waals surface area (Å²) in [6.07, 6.45) is 0.780. The minimum atomic E-state index is -0.761. The maximum atomic E-state index is 11.9. The molecule has 0 saturated heterocycles. The van der Waals surface area contributed by atoms with E-state index in [9.17, 15) is 14.7 Å². The number of esters is 1. The van der Waals surface area contributed by atoms with Crippen LogP contribution in [0.25, 0.3) is 0 Å². The number of hydrogen-bond donors (Lipinski definition) is 2. The highest BCUT2D eigenvalue weighted by Crippen LogP contribution is 2.22. The molecule has 0 saturated carbocycles. The Morgan fingerprint density at radius 2 is 1.96 bits per heavy atom. The Balaban J connectivity index is 1.96. The lowest BCUT2D eigenvalue weighted by molar-refractivity contribution is -0.119. The average molecular weight is 378 g/mol. The Morgan fingerprint density at radius 3 is 2.70 bits per heavy atom. The third-order valence-electron chi connectivity index (χ3n) is 3.19. The first-order chi connectivity index (χ1) is 11.0. The fraction of sp³-hybridized carbons (Fsp3) is 0.176. The van der Waals surface area contributed by atoms with E-state index in [-0.39, 0.29) is 11.3 Å². The zero-order chi connectivity index (χ0) is 16.8. The van der Waals surface area contributed by atoms with Crippen LogP contribution in [0.1, 0.15) is 22.8 Å². The topological polar surface area (TPSA) is 75.6 Å². The number of nitrogens with one attached hydrogen (secondary N) is 1. The van der Waals surface area contributed by atoms with Crippen molar-refractivity contribution in [2.24, 2.45) is 0 Å². The molecule has 0 aromatic heterocycles. The van der Waals surface area contributed by atoms with Gasteiger partial charge < -0.3 is 15.2 Å². The molecule has 5 nitrogen and oxygen atoms in total. The summed E-state index contributed by atoms with van der Waals surface area (Å²) in [5.74, 6) is -1.40. The zero-order valence-corrected chi connectivity index (χ0v) is 14.1. The van der Waals surface area contributed by atoms with Gasteiger partial charge in [-0.25, -0.2) is 4.79 Å². The predicted octanol–water partition coefficient (Wildman–Crippen LogP) is 3.51. The number of carbonyl (C=O) groups is 2. The quantitative estimate of drug-likeness (QED) is 0.781. The highest BCUT2D eigenvalue weighted by atomic mass is 79.9. The van der Waals surface area contributed by atoms with Gasteiger partial charge in [-0.05, 0) is 36.2 Å². The highest BCUT2D eigenvalue weighted by molar-refractivity contribution is 9.10. The predicted molar refractivity (Wildman–Crippen MR) is 90.5 cm³/mol. The fourth-order valence-electron chi connectivity index (χ4n) is 2.02. The first kappa shape index (κ1) is 17.0. The molecule has 2 aromatic rings. The minimum absolute atomic E-state index is 0.00105. The van der Waals surface area contributed by atoms with Crippen molar-refractivity contribution in [3.05, 3.63) is 58.1 Å². The third kappa shape index (κ3) is 4.56. The number of halogens is 1. The number of hydrogen-bond acceptors (Lipinski definition) is 4. The molecule has 6 heteroatoms. The third-order valence-corrected chi connectivity index (χ3v) is 3.68. The van der Waals surface area contributed by atoms with E-state index in [2.05, 4.69) is 21.2 Å². The van der Waals surface area contributed by atoms with Crippen molar-refractivity contribution in [3.63, 3.8) is 0 Å². The van der Waals surface area contributed by atoms with Gasteiger partial charge in [0, 0.05) is 10.2 Å². The number of para-hydroxylation sites is 1. The van der Waals surface area contributed by atoms with Crippen molar-refractivity contribution in [3.8, 4) is 5.75 Å². The van der Waals surface area contributed by atoms with E-state index in [4.69, 9.17) is 4.74 Å². The second-order valence-corrected chi connectivity index (χ2v) is 5.71. The van der Waals surface area contributed by atoms with Crippen LogP contribution in [0, 0.1) is 0 Å². The molecule has 2 aromatic carbocycles. The molecule has 0 radical (unpaired) electrons. The molecule has 120 valence electrons. The zero-order valence-electron chi connectivity index (χ0n) is 12.5. The minimum Gasteiger partial charge on any atom is -0.507 e. The number of ether oxygens (including phenoxy) is 1. The maximum Gasteiger partial charge on any atom is 0.342 e. The van der Waals surface area contributed by atoms with Crippen molar-refractivity contribution in [1.82, 2.24) is 0 Å². The summed E-state index contributed by atoms with van der Waals surface area (Å²) in [6, 6.07) is 11.8. The number of aromatic hydroxyl groups is 1. The van der Waals surface area contributed by atoms with Crippen molar-refractivity contribution in [2.45, 2.75) is 13.3 Å². The molecule has 0 spiro atoms. The summed E-state index contributed by atoms with van der Waals surface area (Å²) >= 11 is 3.21. The average Bonchev–Trinajstić information content (AvgIpc) is 2.55. The van der Waals surface area contributed by atoms with Crippen LogP contribution in [0.3, 0.4) is 0 Å². The van der Waals surface area contributed by atoms with Gasteiger partial charge in [0.05, 0.1) is 0 Å². The van der Waals surface area contributed by atoms with Crippen LogP contribution in [0.5, 0.6) is 5.75 Å². The smallest absolute Gasteiger partial charge is 0.342 e. The molecule has 2 N–H and O–H groups in total. The van der Waals surface area contributed by atoms with Gasteiger partial charge in [0.15, 0.2) is 6.61 Å². The number of anilines is 1. The molecule has 0 atom stereocenters. The van der Waals surface area contributed by atoms with Crippen LogP contribution in [-0.2, 0) is 16.0 Å². The van der Waals surface area contributed by atoms with Gasteiger partial charge in [0.1, 0.15) is 11.3 Å². The molecule has 0 aliphatic heterocycles. The first-order valence-corrected chi connectivity index (χ1v) is 7.84. The SMILES string of the molecule is CCc1ccccc1NC(=O)COC(=O)c1cc(Br)ccc1O. The van der Waals surface area contributed by atoms with Gasteiger partial charge >= 0.3 is 5.97 Å². The van der Waals surface area contributed by atoms with Gasteiger partial charge in [-0.15, -0.1) is 0 Å². The van der Waals surface area contributed by atoms with Crippen LogP contribution < -0.4 is 5.32 Å². The molecule has 0 unspecified atom stereocenters. The number of phenols is 1. The lowest BCUT2D eigenvalue weighted by Crippen LogP contribution is -2.21. The van der Waals surface area contributed by atoms with E-state index >= 15 is 0 Å². The lowest BCUT2D eigenvalue weighted by Gasteiger charge is -2.10. The molecule has 0 bridgehead atoms. The Bertz CT molecular complexity index is 730. The van der Waals surface area contributed by atoms with Gasteiger partial charge in [-0.2, -0.15) is 0 Å². The van der Waals surface area contributed by atoms with E-state index in [0.717, 1.165) is 12.0 Å². The van der Waals surface area contributed by atoms with Crippen molar-refractivity contribution >= 4 is 33.5 Å². The van der Waals surface area contributed by atoms with E-state index < -0.39 is 18.5 Å². The van der Waals surface area contributed by atoms with Gasteiger partial charge in [-0.3, -0.25) is 4.79 Å². The fourth-order valence-corrected chi connectivity index (χ4v) is 2.38. The summed E-state index contributed by atoms with van der Waals surface area (Å²) in [4.78, 5) is 23.8. The second kappa shape index (κ2) is 7.78. The number of phenolic OH excluding ortho intramolecular Hbond substituents is 1. The second-order valence-electron chi connectivity index (χ2n) is 4.80. The van der Waals surface area contributed by atoms with Crippen LogP contribution in [0.15, 0.2) is 46.9 Å². The molecule has 0 aliphatic rings. The molecular weight excluding hydrogens is 362 g/mol. The van der Waals surface area contributed by atoms with Crippen molar-refractivity contribution < 1.29 is 19.4 Å². The maximum absolute atomic E-state index is 11.9. The van der Waals surface area contributed by atoms with E-state index in [1.165, 1.54) is 12.1 Å². The molecule has 0 heterocycles. The number of amides is 1. The normalized spacial score (nSPS) is 10.2. The standard InChI is InChI=1S/C17H16BrNO4/c1-2-11-5-3-4-6-14(11)19-16(21)10-23-17(22)13-9-12(18)7-8-15(13)20/h3-9,20H,2,10H2,1H3,(H,19,21). The van der Waals surface area contributed by atoms with E-state index in [1.807, 2.05) is 25.1 Å². The summed E-state index contributed by atoms with van der Waals surface area (Å²) in [6.45, 7) is 1.56. The Morgan fingerprint density at radius 1 is 1.22 bits per heavy atom. The molecular formula is C17H16BrNO4. The molecule has 0 aliphatic carbocycles. The van der Waals surface area contributed by atoms with E-state index in [0.29, 0.717) is 10.2 Å². The lowest BCUT2D eigenvalue weighted by atomic mass is 10.1. The van der Waals surface area contributed by atoms with Gasteiger partial charge in [0.25, 0.3) is 5.91 Å². The van der Waals surface area contributed by atoms with Gasteiger partial charge in [0.2, 0.25) is 0 Å². The van der Waals surface area contributed by atoms with Crippen LogP contribution in [0.2, 0.25) is 0 Å². The Labute approximate surface area is 142 Å².